The first-order chi connectivity index (χ1) is 8.06. The second kappa shape index (κ2) is 6.36. The average Bonchev–Trinajstić information content (AvgIpc) is 2.80. The largest absolute Gasteiger partial charge is 0.480 e. The van der Waals surface area contributed by atoms with Gasteiger partial charge < -0.3 is 15.2 Å². The molecule has 1 heterocycles. The van der Waals surface area contributed by atoms with E-state index < -0.39 is 12.0 Å². The van der Waals surface area contributed by atoms with Gasteiger partial charge in [0.05, 0.1) is 12.5 Å². The summed E-state index contributed by atoms with van der Waals surface area (Å²) in [7, 11) is 1.39. The lowest BCUT2D eigenvalue weighted by molar-refractivity contribution is -0.143. The molecular weight excluding hydrogens is 242 g/mol. The molecule has 0 spiro atoms. The molecule has 5 nitrogen and oxygen atoms in total. The maximum absolute atomic E-state index is 11.8. The van der Waals surface area contributed by atoms with E-state index >= 15 is 0 Å². The number of rotatable bonds is 6. The van der Waals surface area contributed by atoms with E-state index in [2.05, 4.69) is 5.32 Å². The number of hydrogen-bond acceptors (Lipinski definition) is 4. The van der Waals surface area contributed by atoms with Crippen LogP contribution in [0.15, 0.2) is 17.5 Å². The molecule has 1 amide bonds. The van der Waals surface area contributed by atoms with Crippen LogP contribution in [0.1, 0.15) is 17.7 Å². The molecule has 6 heteroatoms. The summed E-state index contributed by atoms with van der Waals surface area (Å²) in [5.74, 6) is -1.76. The first-order valence-electron chi connectivity index (χ1n) is 5.11. The molecule has 0 bridgehead atoms. The minimum atomic E-state index is -1.10. The molecular formula is C11H15NO4S. The van der Waals surface area contributed by atoms with Crippen molar-refractivity contribution in [1.29, 1.82) is 0 Å². The van der Waals surface area contributed by atoms with E-state index in [4.69, 9.17) is 9.84 Å². The Morgan fingerprint density at radius 3 is 2.76 bits per heavy atom. The van der Waals surface area contributed by atoms with Gasteiger partial charge >= 0.3 is 5.97 Å². The van der Waals surface area contributed by atoms with E-state index in [1.54, 1.807) is 6.92 Å². The summed E-state index contributed by atoms with van der Waals surface area (Å²) in [6.07, 6.45) is 0. The number of carboxylic acids is 1. The zero-order valence-electron chi connectivity index (χ0n) is 9.67. The Labute approximate surface area is 103 Å². The third kappa shape index (κ3) is 3.83. The van der Waals surface area contributed by atoms with Gasteiger partial charge in [-0.15, -0.1) is 11.3 Å². The van der Waals surface area contributed by atoms with Crippen molar-refractivity contribution in [3.05, 3.63) is 22.4 Å². The van der Waals surface area contributed by atoms with Gasteiger partial charge in [-0.25, -0.2) is 4.79 Å². The number of carbonyl (C=O) groups excluding carboxylic acids is 1. The number of amides is 1. The van der Waals surface area contributed by atoms with Crippen LogP contribution in [0.3, 0.4) is 0 Å². The predicted octanol–water partition coefficient (Wildman–Crippen LogP) is 1.07. The first-order valence-corrected chi connectivity index (χ1v) is 5.99. The van der Waals surface area contributed by atoms with Crippen molar-refractivity contribution in [2.75, 3.05) is 13.7 Å². The van der Waals surface area contributed by atoms with Gasteiger partial charge in [0, 0.05) is 12.0 Å². The van der Waals surface area contributed by atoms with Gasteiger partial charge in [-0.1, -0.05) is 6.07 Å². The molecule has 17 heavy (non-hydrogen) atoms. The van der Waals surface area contributed by atoms with Gasteiger partial charge in [-0.05, 0) is 18.4 Å². The smallest absolute Gasteiger partial charge is 0.328 e. The summed E-state index contributed by atoms with van der Waals surface area (Å²) in [6, 6.07) is 2.70. The van der Waals surface area contributed by atoms with E-state index in [0.29, 0.717) is 0 Å². The quantitative estimate of drug-likeness (QED) is 0.799. The van der Waals surface area contributed by atoms with Crippen molar-refractivity contribution < 1.29 is 19.4 Å². The van der Waals surface area contributed by atoms with Gasteiger partial charge in [0.2, 0.25) is 5.91 Å². The van der Waals surface area contributed by atoms with Crippen LogP contribution in [-0.2, 0) is 14.3 Å². The number of nitrogens with one attached hydrogen (secondary N) is 1. The number of thiophene rings is 1. The fraction of sp³-hybridized carbons (Fsp3) is 0.455. The minimum Gasteiger partial charge on any atom is -0.480 e. The number of carbonyl (C=O) groups is 2. The lowest BCUT2D eigenvalue weighted by Gasteiger charge is -2.16. The fourth-order valence-corrected chi connectivity index (χ4v) is 2.09. The predicted molar refractivity (Wildman–Crippen MR) is 64.2 cm³/mol. The van der Waals surface area contributed by atoms with Gasteiger partial charge in [0.25, 0.3) is 0 Å². The molecule has 0 aliphatic carbocycles. The van der Waals surface area contributed by atoms with Crippen molar-refractivity contribution in [3.63, 3.8) is 0 Å². The Hall–Kier alpha value is -1.40. The molecule has 0 aromatic carbocycles. The normalized spacial score (nSPS) is 14.0. The summed E-state index contributed by atoms with van der Waals surface area (Å²) < 4.78 is 4.74. The first kappa shape index (κ1) is 13.7. The molecule has 0 saturated heterocycles. The van der Waals surface area contributed by atoms with E-state index in [1.807, 2.05) is 17.5 Å². The molecule has 0 saturated carbocycles. The van der Waals surface area contributed by atoms with E-state index in [1.165, 1.54) is 18.4 Å². The zero-order valence-corrected chi connectivity index (χ0v) is 10.5. The summed E-state index contributed by atoms with van der Waals surface area (Å²) in [4.78, 5) is 23.6. The molecule has 2 N–H and O–H groups in total. The maximum atomic E-state index is 11.8. The minimum absolute atomic E-state index is 0.0434. The lowest BCUT2D eigenvalue weighted by Crippen LogP contribution is -2.45. The van der Waals surface area contributed by atoms with Crippen molar-refractivity contribution in [3.8, 4) is 0 Å². The third-order valence-electron chi connectivity index (χ3n) is 2.31. The summed E-state index contributed by atoms with van der Waals surface area (Å²) in [5, 5.41) is 13.2. The second-order valence-electron chi connectivity index (χ2n) is 3.59. The van der Waals surface area contributed by atoms with Gasteiger partial charge in [-0.2, -0.15) is 0 Å². The van der Waals surface area contributed by atoms with Crippen molar-refractivity contribution in [2.45, 2.75) is 18.9 Å². The highest BCUT2D eigenvalue weighted by molar-refractivity contribution is 7.10. The number of hydrogen-bond donors (Lipinski definition) is 2. The number of carboxylic acid groups (broad SMARTS) is 1. The highest BCUT2D eigenvalue weighted by Crippen LogP contribution is 2.20. The van der Waals surface area contributed by atoms with Crippen molar-refractivity contribution in [2.24, 2.45) is 0 Å². The van der Waals surface area contributed by atoms with Gasteiger partial charge in [0.1, 0.15) is 0 Å². The molecule has 0 aliphatic heterocycles. The van der Waals surface area contributed by atoms with Crippen LogP contribution >= 0.6 is 11.3 Å². The Morgan fingerprint density at radius 1 is 1.59 bits per heavy atom. The van der Waals surface area contributed by atoms with Crippen LogP contribution in [0.5, 0.6) is 0 Å². The summed E-state index contributed by atoms with van der Waals surface area (Å²) in [6.45, 7) is 1.70. The van der Waals surface area contributed by atoms with Crippen LogP contribution in [0, 0.1) is 0 Å². The topological polar surface area (TPSA) is 75.6 Å². The Kier molecular flexibility index (Phi) is 5.11. The molecule has 94 valence electrons. The third-order valence-corrected chi connectivity index (χ3v) is 3.37. The zero-order chi connectivity index (χ0) is 12.8. The standard InChI is InChI=1S/C11H15NO4S/c1-7(9-4-3-5-17-9)10(13)12-8(6-16-2)11(14)15/h3-5,7-8H,6H2,1-2H3,(H,12,13)(H,14,15). The van der Waals surface area contributed by atoms with Crippen LogP contribution in [0.2, 0.25) is 0 Å². The fourth-order valence-electron chi connectivity index (χ4n) is 1.30. The molecule has 2 unspecified atom stereocenters. The molecule has 2 atom stereocenters. The maximum Gasteiger partial charge on any atom is 0.328 e. The number of ether oxygens (including phenoxy) is 1. The van der Waals surface area contributed by atoms with E-state index in [0.717, 1.165) is 4.88 Å². The average molecular weight is 257 g/mol. The van der Waals surface area contributed by atoms with Gasteiger partial charge in [0.15, 0.2) is 6.04 Å². The Morgan fingerprint density at radius 2 is 2.29 bits per heavy atom. The monoisotopic (exact) mass is 257 g/mol. The van der Waals surface area contributed by atoms with Crippen LogP contribution in [0.4, 0.5) is 0 Å². The molecule has 1 aromatic heterocycles. The number of aliphatic carboxylic acids is 1. The lowest BCUT2D eigenvalue weighted by atomic mass is 10.1. The Bertz CT molecular complexity index is 377. The molecule has 1 rings (SSSR count). The molecule has 0 radical (unpaired) electrons. The summed E-state index contributed by atoms with van der Waals surface area (Å²) in [5.41, 5.74) is 0. The highest BCUT2D eigenvalue weighted by atomic mass is 32.1. The highest BCUT2D eigenvalue weighted by Gasteiger charge is 2.23. The number of methoxy groups -OCH3 is 1. The molecule has 0 fully saturated rings. The SMILES string of the molecule is COCC(NC(=O)C(C)c1cccs1)C(=O)O. The van der Waals surface area contributed by atoms with Crippen LogP contribution in [0.25, 0.3) is 0 Å². The van der Waals surface area contributed by atoms with Crippen LogP contribution < -0.4 is 5.32 Å². The van der Waals surface area contributed by atoms with Crippen molar-refractivity contribution in [1.82, 2.24) is 5.32 Å². The molecule has 0 aliphatic rings. The Balaban J connectivity index is 2.61. The van der Waals surface area contributed by atoms with E-state index in [-0.39, 0.29) is 18.4 Å². The van der Waals surface area contributed by atoms with Gasteiger partial charge in [-0.3, -0.25) is 4.79 Å². The van der Waals surface area contributed by atoms with E-state index in [9.17, 15) is 9.59 Å². The second-order valence-corrected chi connectivity index (χ2v) is 4.57. The van der Waals surface area contributed by atoms with Crippen molar-refractivity contribution >= 4 is 23.2 Å². The summed E-state index contributed by atoms with van der Waals surface area (Å²) >= 11 is 1.47. The molecule has 1 aromatic rings. The van der Waals surface area contributed by atoms with Crippen LogP contribution in [-0.4, -0.2) is 36.7 Å².